The van der Waals surface area contributed by atoms with Crippen LogP contribution in [0.5, 0.6) is 5.75 Å². The van der Waals surface area contributed by atoms with E-state index in [1.54, 1.807) is 25.3 Å². The molecule has 1 aromatic heterocycles. The molecular formula is C30H41F3N6O3. The van der Waals surface area contributed by atoms with Crippen molar-refractivity contribution in [2.75, 3.05) is 39.7 Å². The van der Waals surface area contributed by atoms with Crippen LogP contribution >= 0.6 is 0 Å². The standard InChI is InChI=1S/C30H41F3N6O3/c1-39-14-11-21(12-15-39)35-27(40)19-7-9-24(25(16-19)41-2)37-28-34-18-22(30(31,32)33)23(36-28)10-8-20-17-29(20)13-5-4-6-26(29)38-42-3/h7,9,16,18,20-21,26,38H,4-6,8,10-15,17H2,1-3H3,(H,35,40)(H,34,36,37)/t20?,26-,29+/m1/s1. The van der Waals surface area contributed by atoms with Gasteiger partial charge in [0.1, 0.15) is 5.75 Å². The van der Waals surface area contributed by atoms with Crippen LogP contribution in [0, 0.1) is 11.3 Å². The maximum atomic E-state index is 13.9. The molecule has 2 saturated carbocycles. The lowest BCUT2D eigenvalue weighted by molar-refractivity contribution is -0.138. The van der Waals surface area contributed by atoms with E-state index in [1.807, 2.05) is 0 Å². The summed E-state index contributed by atoms with van der Waals surface area (Å²) < 4.78 is 47.2. The second kappa shape index (κ2) is 12.7. The topological polar surface area (TPSA) is 101 Å². The number of halogens is 3. The van der Waals surface area contributed by atoms with Crippen molar-refractivity contribution in [2.24, 2.45) is 11.3 Å². The minimum atomic E-state index is -4.56. The van der Waals surface area contributed by atoms with E-state index in [1.165, 1.54) is 7.11 Å². The van der Waals surface area contributed by atoms with E-state index in [0.29, 0.717) is 29.3 Å². The Kier molecular flexibility index (Phi) is 9.24. The first kappa shape index (κ1) is 30.5. The molecular weight excluding hydrogens is 549 g/mol. The Morgan fingerprint density at radius 2 is 1.95 bits per heavy atom. The van der Waals surface area contributed by atoms with Gasteiger partial charge < -0.3 is 25.1 Å². The van der Waals surface area contributed by atoms with Crippen molar-refractivity contribution in [3.63, 3.8) is 0 Å². The average molecular weight is 591 g/mol. The van der Waals surface area contributed by atoms with Crippen molar-refractivity contribution < 1.29 is 27.5 Å². The number of nitrogens with zero attached hydrogens (tertiary/aromatic N) is 3. The molecule has 12 heteroatoms. The predicted octanol–water partition coefficient (Wildman–Crippen LogP) is 5.10. The summed E-state index contributed by atoms with van der Waals surface area (Å²) in [6.07, 6.45) is 4.21. The van der Waals surface area contributed by atoms with Crippen molar-refractivity contribution in [3.05, 3.63) is 41.2 Å². The summed E-state index contributed by atoms with van der Waals surface area (Å²) in [6, 6.07) is 5.26. The maximum absolute atomic E-state index is 13.9. The third-order valence-electron chi connectivity index (χ3n) is 9.29. The number of amides is 1. The van der Waals surface area contributed by atoms with Crippen LogP contribution in [-0.4, -0.2) is 67.2 Å². The number of ether oxygens (including phenoxy) is 1. The smallest absolute Gasteiger partial charge is 0.419 e. The van der Waals surface area contributed by atoms with E-state index < -0.39 is 11.7 Å². The summed E-state index contributed by atoms with van der Waals surface area (Å²) in [7, 11) is 5.15. The number of carbonyl (C=O) groups is 1. The van der Waals surface area contributed by atoms with Crippen molar-refractivity contribution in [1.29, 1.82) is 0 Å². The molecule has 3 N–H and O–H groups in total. The molecule has 2 heterocycles. The van der Waals surface area contributed by atoms with E-state index in [0.717, 1.165) is 64.2 Å². The SMILES string of the molecule is CON[C@@H]1CCCC[C@@]12CC2CCc1nc(Nc2ccc(C(=O)NC3CCN(C)CC3)cc2OC)ncc1C(F)(F)F. The number of hydroxylamine groups is 1. The van der Waals surface area contributed by atoms with Crippen LogP contribution < -0.4 is 20.9 Å². The number of likely N-dealkylation sites (tertiary alicyclic amines) is 1. The first-order valence-corrected chi connectivity index (χ1v) is 14.8. The fraction of sp³-hybridized carbons (Fsp3) is 0.633. The molecule has 230 valence electrons. The van der Waals surface area contributed by atoms with Gasteiger partial charge in [0.15, 0.2) is 0 Å². The van der Waals surface area contributed by atoms with Crippen LogP contribution in [0.15, 0.2) is 24.4 Å². The molecule has 3 aliphatic rings. The fourth-order valence-electron chi connectivity index (χ4n) is 6.80. The highest BCUT2D eigenvalue weighted by molar-refractivity contribution is 5.95. The predicted molar refractivity (Wildman–Crippen MR) is 153 cm³/mol. The van der Waals surface area contributed by atoms with E-state index in [9.17, 15) is 18.0 Å². The molecule has 2 aliphatic carbocycles. The lowest BCUT2D eigenvalue weighted by atomic mass is 9.79. The van der Waals surface area contributed by atoms with Crippen LogP contribution in [0.4, 0.5) is 24.8 Å². The molecule has 1 spiro atoms. The number of hydrogen-bond donors (Lipinski definition) is 3. The summed E-state index contributed by atoms with van der Waals surface area (Å²) in [6.45, 7) is 1.86. The molecule has 5 rings (SSSR count). The maximum Gasteiger partial charge on any atom is 0.419 e. The summed E-state index contributed by atoms with van der Waals surface area (Å²) >= 11 is 0. The van der Waals surface area contributed by atoms with Gasteiger partial charge in [0, 0.05) is 23.8 Å². The van der Waals surface area contributed by atoms with Crippen molar-refractivity contribution in [3.8, 4) is 5.75 Å². The van der Waals surface area contributed by atoms with Gasteiger partial charge in [-0.05, 0) is 94.6 Å². The molecule has 42 heavy (non-hydrogen) atoms. The zero-order chi connectivity index (χ0) is 29.9. The minimum Gasteiger partial charge on any atom is -0.495 e. The molecule has 3 fully saturated rings. The number of nitrogens with one attached hydrogen (secondary N) is 3. The second-order valence-corrected chi connectivity index (χ2v) is 11.9. The van der Waals surface area contributed by atoms with Gasteiger partial charge in [0.05, 0.1) is 31.2 Å². The van der Waals surface area contributed by atoms with Crippen LogP contribution in [0.1, 0.15) is 73.0 Å². The number of rotatable bonds is 10. The molecule has 9 nitrogen and oxygen atoms in total. The Labute approximate surface area is 244 Å². The van der Waals surface area contributed by atoms with Gasteiger partial charge in [-0.3, -0.25) is 4.79 Å². The van der Waals surface area contributed by atoms with Gasteiger partial charge in [-0.1, -0.05) is 12.8 Å². The summed E-state index contributed by atoms with van der Waals surface area (Å²) in [5.41, 5.74) is 3.27. The van der Waals surface area contributed by atoms with Gasteiger partial charge in [-0.2, -0.15) is 18.7 Å². The summed E-state index contributed by atoms with van der Waals surface area (Å²) in [5, 5.41) is 6.08. The Morgan fingerprint density at radius 1 is 1.17 bits per heavy atom. The van der Waals surface area contributed by atoms with E-state index >= 15 is 0 Å². The number of aryl methyl sites for hydroxylation is 1. The number of piperidine rings is 1. The lowest BCUT2D eigenvalue weighted by Crippen LogP contribution is -2.43. The second-order valence-electron chi connectivity index (χ2n) is 11.9. The Morgan fingerprint density at radius 3 is 2.67 bits per heavy atom. The molecule has 1 aliphatic heterocycles. The summed E-state index contributed by atoms with van der Waals surface area (Å²) in [4.78, 5) is 28.6. The first-order valence-electron chi connectivity index (χ1n) is 14.8. The molecule has 0 radical (unpaired) electrons. The van der Waals surface area contributed by atoms with Crippen LogP contribution in [0.3, 0.4) is 0 Å². The Hall–Kier alpha value is -2.96. The normalized spacial score (nSPS) is 24.9. The molecule has 1 amide bonds. The molecule has 2 aromatic rings. The molecule has 1 unspecified atom stereocenters. The minimum absolute atomic E-state index is 0.0257. The van der Waals surface area contributed by atoms with Crippen LogP contribution in [0.25, 0.3) is 0 Å². The quantitative estimate of drug-likeness (QED) is 0.329. The molecule has 1 aromatic carbocycles. The van der Waals surface area contributed by atoms with E-state index in [-0.39, 0.29) is 41.5 Å². The molecule has 3 atom stereocenters. The Bertz CT molecular complexity index is 1250. The zero-order valence-corrected chi connectivity index (χ0v) is 24.5. The largest absolute Gasteiger partial charge is 0.495 e. The van der Waals surface area contributed by atoms with E-state index in [2.05, 4.69) is 38.0 Å². The van der Waals surface area contributed by atoms with Crippen LogP contribution in [0.2, 0.25) is 0 Å². The number of aromatic nitrogens is 2. The van der Waals surface area contributed by atoms with Gasteiger partial charge in [-0.25, -0.2) is 9.97 Å². The highest BCUT2D eigenvalue weighted by Gasteiger charge is 2.58. The van der Waals surface area contributed by atoms with Gasteiger partial charge in [-0.15, -0.1) is 0 Å². The van der Waals surface area contributed by atoms with Gasteiger partial charge >= 0.3 is 6.18 Å². The average Bonchev–Trinajstić information content (AvgIpc) is 3.66. The molecule has 1 saturated heterocycles. The number of carbonyl (C=O) groups excluding carboxylic acids is 1. The molecule has 0 bridgehead atoms. The zero-order valence-electron chi connectivity index (χ0n) is 24.5. The van der Waals surface area contributed by atoms with Crippen molar-refractivity contribution in [1.82, 2.24) is 25.7 Å². The monoisotopic (exact) mass is 590 g/mol. The van der Waals surface area contributed by atoms with Crippen molar-refractivity contribution in [2.45, 2.75) is 76.0 Å². The number of anilines is 2. The van der Waals surface area contributed by atoms with Crippen LogP contribution in [-0.2, 0) is 17.4 Å². The van der Waals surface area contributed by atoms with E-state index in [4.69, 9.17) is 9.57 Å². The number of methoxy groups -OCH3 is 1. The fourth-order valence-corrected chi connectivity index (χ4v) is 6.80. The number of hydrogen-bond acceptors (Lipinski definition) is 8. The third kappa shape index (κ3) is 6.81. The lowest BCUT2D eigenvalue weighted by Gasteiger charge is -2.33. The highest BCUT2D eigenvalue weighted by atomic mass is 19.4. The first-order chi connectivity index (χ1) is 20.1. The third-order valence-corrected chi connectivity index (χ3v) is 9.29. The van der Waals surface area contributed by atoms with Gasteiger partial charge in [0.25, 0.3) is 5.91 Å². The Balaban J connectivity index is 1.28. The summed E-state index contributed by atoms with van der Waals surface area (Å²) in [5.74, 6) is 0.541. The number of alkyl halides is 3. The van der Waals surface area contributed by atoms with Crippen molar-refractivity contribution >= 4 is 17.5 Å². The number of benzene rings is 1. The van der Waals surface area contributed by atoms with Gasteiger partial charge in [0.2, 0.25) is 5.95 Å². The highest BCUT2D eigenvalue weighted by Crippen LogP contribution is 2.63.